The van der Waals surface area contributed by atoms with Crippen molar-refractivity contribution in [1.29, 1.82) is 5.26 Å². The van der Waals surface area contributed by atoms with Crippen molar-refractivity contribution in [2.45, 2.75) is 6.04 Å². The molecule has 1 aliphatic rings. The van der Waals surface area contributed by atoms with E-state index < -0.39 is 0 Å². The number of nitrogens with zero attached hydrogens (tertiary/aromatic N) is 1. The summed E-state index contributed by atoms with van der Waals surface area (Å²) in [4.78, 5) is 0. The summed E-state index contributed by atoms with van der Waals surface area (Å²) in [6.07, 6.45) is 0. The Balaban J connectivity index is 1.96. The van der Waals surface area contributed by atoms with Gasteiger partial charge in [0, 0.05) is 24.2 Å². The standard InChI is InChI=1S/C12H14ClN3O/c13-10-1-2-12(9(5-10)6-14)16-7-11-8-17-4-3-15-11/h1-2,5,11,15-16H,3-4,7-8H2. The Morgan fingerprint density at radius 3 is 3.18 bits per heavy atom. The van der Waals surface area contributed by atoms with E-state index in [1.54, 1.807) is 12.1 Å². The summed E-state index contributed by atoms with van der Waals surface area (Å²) in [6.45, 7) is 3.07. The molecule has 1 aliphatic heterocycles. The molecule has 17 heavy (non-hydrogen) atoms. The summed E-state index contributed by atoms with van der Waals surface area (Å²) < 4.78 is 5.36. The van der Waals surface area contributed by atoms with Crippen molar-refractivity contribution in [3.05, 3.63) is 28.8 Å². The Kier molecular flexibility index (Phi) is 4.21. The Morgan fingerprint density at radius 2 is 2.47 bits per heavy atom. The number of hydrogen-bond donors (Lipinski definition) is 2. The number of benzene rings is 1. The van der Waals surface area contributed by atoms with Crippen LogP contribution in [0.1, 0.15) is 5.56 Å². The maximum atomic E-state index is 8.99. The molecule has 1 heterocycles. The molecule has 0 radical (unpaired) electrons. The van der Waals surface area contributed by atoms with E-state index in [-0.39, 0.29) is 6.04 Å². The van der Waals surface area contributed by atoms with E-state index in [1.807, 2.05) is 6.07 Å². The van der Waals surface area contributed by atoms with Crippen molar-refractivity contribution in [1.82, 2.24) is 5.32 Å². The van der Waals surface area contributed by atoms with Crippen LogP contribution in [0.2, 0.25) is 5.02 Å². The predicted molar refractivity (Wildman–Crippen MR) is 67.3 cm³/mol. The van der Waals surface area contributed by atoms with Crippen LogP contribution in [0.3, 0.4) is 0 Å². The highest BCUT2D eigenvalue weighted by Gasteiger charge is 2.13. The average molecular weight is 252 g/mol. The number of hydrogen-bond acceptors (Lipinski definition) is 4. The highest BCUT2D eigenvalue weighted by molar-refractivity contribution is 6.30. The second-order valence-electron chi connectivity index (χ2n) is 3.91. The van der Waals surface area contributed by atoms with Crippen LogP contribution in [-0.2, 0) is 4.74 Å². The Labute approximate surface area is 106 Å². The second kappa shape index (κ2) is 5.87. The Bertz CT molecular complexity index is 424. The fourth-order valence-corrected chi connectivity index (χ4v) is 1.92. The van der Waals surface area contributed by atoms with E-state index in [0.717, 1.165) is 25.4 Å². The molecule has 1 atom stereocenters. The van der Waals surface area contributed by atoms with E-state index in [9.17, 15) is 0 Å². The van der Waals surface area contributed by atoms with Gasteiger partial charge in [0.2, 0.25) is 0 Å². The van der Waals surface area contributed by atoms with Crippen molar-refractivity contribution in [3.8, 4) is 6.07 Å². The highest BCUT2D eigenvalue weighted by atomic mass is 35.5. The van der Waals surface area contributed by atoms with Gasteiger partial charge in [0.05, 0.1) is 24.5 Å². The minimum Gasteiger partial charge on any atom is -0.382 e. The number of halogens is 1. The molecular weight excluding hydrogens is 238 g/mol. The fourth-order valence-electron chi connectivity index (χ4n) is 1.75. The third kappa shape index (κ3) is 3.34. The Hall–Kier alpha value is -1.28. The zero-order valence-corrected chi connectivity index (χ0v) is 10.1. The number of anilines is 1. The first-order valence-electron chi connectivity index (χ1n) is 5.54. The third-order valence-electron chi connectivity index (χ3n) is 2.64. The van der Waals surface area contributed by atoms with Gasteiger partial charge in [-0.15, -0.1) is 0 Å². The lowest BCUT2D eigenvalue weighted by Gasteiger charge is -2.24. The van der Waals surface area contributed by atoms with Gasteiger partial charge in [-0.05, 0) is 18.2 Å². The van der Waals surface area contributed by atoms with Crippen molar-refractivity contribution in [3.63, 3.8) is 0 Å². The minimum absolute atomic E-state index is 0.283. The van der Waals surface area contributed by atoms with Gasteiger partial charge in [-0.1, -0.05) is 11.6 Å². The van der Waals surface area contributed by atoms with Crippen LogP contribution < -0.4 is 10.6 Å². The molecule has 0 spiro atoms. The van der Waals surface area contributed by atoms with Gasteiger partial charge >= 0.3 is 0 Å². The van der Waals surface area contributed by atoms with E-state index in [1.165, 1.54) is 0 Å². The SMILES string of the molecule is N#Cc1cc(Cl)ccc1NCC1COCCN1. The smallest absolute Gasteiger partial charge is 0.101 e. The molecule has 0 aromatic heterocycles. The van der Waals surface area contributed by atoms with E-state index >= 15 is 0 Å². The predicted octanol–water partition coefficient (Wildman–Crippen LogP) is 1.61. The van der Waals surface area contributed by atoms with Crippen molar-refractivity contribution in [2.75, 3.05) is 31.6 Å². The molecule has 0 saturated carbocycles. The summed E-state index contributed by atoms with van der Waals surface area (Å²) in [6, 6.07) is 7.67. The van der Waals surface area contributed by atoms with Gasteiger partial charge in [-0.25, -0.2) is 0 Å². The van der Waals surface area contributed by atoms with Crippen LogP contribution in [0.15, 0.2) is 18.2 Å². The Morgan fingerprint density at radius 1 is 1.59 bits per heavy atom. The molecule has 90 valence electrons. The number of nitrogens with one attached hydrogen (secondary N) is 2. The molecule has 0 aliphatic carbocycles. The molecule has 1 fully saturated rings. The molecule has 1 aromatic carbocycles. The summed E-state index contributed by atoms with van der Waals surface area (Å²) in [7, 11) is 0. The van der Waals surface area contributed by atoms with Gasteiger partial charge in [0.25, 0.3) is 0 Å². The maximum Gasteiger partial charge on any atom is 0.101 e. The average Bonchev–Trinajstić information content (AvgIpc) is 2.38. The quantitative estimate of drug-likeness (QED) is 0.857. The number of nitriles is 1. The molecule has 2 rings (SSSR count). The molecule has 1 saturated heterocycles. The van der Waals surface area contributed by atoms with Gasteiger partial charge in [0.1, 0.15) is 6.07 Å². The van der Waals surface area contributed by atoms with Crippen LogP contribution in [0.5, 0.6) is 0 Å². The summed E-state index contributed by atoms with van der Waals surface area (Å²) in [5.41, 5.74) is 1.37. The van der Waals surface area contributed by atoms with E-state index in [2.05, 4.69) is 16.7 Å². The van der Waals surface area contributed by atoms with Crippen molar-refractivity contribution >= 4 is 17.3 Å². The topological polar surface area (TPSA) is 57.1 Å². The summed E-state index contributed by atoms with van der Waals surface area (Å²) in [5, 5.41) is 16.1. The van der Waals surface area contributed by atoms with Gasteiger partial charge in [-0.2, -0.15) is 5.26 Å². The molecule has 4 nitrogen and oxygen atoms in total. The first-order chi connectivity index (χ1) is 8.29. The lowest BCUT2D eigenvalue weighted by atomic mass is 10.2. The largest absolute Gasteiger partial charge is 0.382 e. The molecule has 1 unspecified atom stereocenters. The number of ether oxygens (including phenoxy) is 1. The fraction of sp³-hybridized carbons (Fsp3) is 0.417. The molecule has 5 heteroatoms. The van der Waals surface area contributed by atoms with Crippen LogP contribution in [0, 0.1) is 11.3 Å². The summed E-state index contributed by atoms with van der Waals surface area (Å²) in [5.74, 6) is 0. The van der Waals surface area contributed by atoms with Gasteiger partial charge < -0.3 is 15.4 Å². The zero-order valence-electron chi connectivity index (χ0n) is 9.37. The van der Waals surface area contributed by atoms with Crippen molar-refractivity contribution < 1.29 is 4.74 Å². The van der Waals surface area contributed by atoms with Crippen molar-refractivity contribution in [2.24, 2.45) is 0 Å². The second-order valence-corrected chi connectivity index (χ2v) is 4.35. The monoisotopic (exact) mass is 251 g/mol. The van der Waals surface area contributed by atoms with E-state index in [0.29, 0.717) is 17.2 Å². The molecule has 1 aromatic rings. The van der Waals surface area contributed by atoms with Gasteiger partial charge in [0.15, 0.2) is 0 Å². The first-order valence-corrected chi connectivity index (χ1v) is 5.92. The molecule has 2 N–H and O–H groups in total. The lowest BCUT2D eigenvalue weighted by molar-refractivity contribution is 0.0806. The van der Waals surface area contributed by atoms with E-state index in [4.69, 9.17) is 21.6 Å². The van der Waals surface area contributed by atoms with Crippen LogP contribution in [0.25, 0.3) is 0 Å². The van der Waals surface area contributed by atoms with Crippen LogP contribution in [0.4, 0.5) is 5.69 Å². The highest BCUT2D eigenvalue weighted by Crippen LogP contribution is 2.19. The lowest BCUT2D eigenvalue weighted by Crippen LogP contribution is -2.45. The number of rotatable bonds is 3. The van der Waals surface area contributed by atoms with Crippen LogP contribution >= 0.6 is 11.6 Å². The third-order valence-corrected chi connectivity index (χ3v) is 2.87. The molecule has 0 bridgehead atoms. The van der Waals surface area contributed by atoms with Crippen LogP contribution in [-0.4, -0.2) is 32.3 Å². The minimum atomic E-state index is 0.283. The first kappa shape index (κ1) is 12.2. The number of morpholine rings is 1. The van der Waals surface area contributed by atoms with Gasteiger partial charge in [-0.3, -0.25) is 0 Å². The summed E-state index contributed by atoms with van der Waals surface area (Å²) >= 11 is 5.83. The molecule has 0 amide bonds. The zero-order chi connectivity index (χ0) is 12.1. The normalized spacial score (nSPS) is 19.6. The maximum absolute atomic E-state index is 8.99. The molecular formula is C12H14ClN3O.